The topological polar surface area (TPSA) is 59.3 Å². The summed E-state index contributed by atoms with van der Waals surface area (Å²) in [6, 6.07) is 14.1. The van der Waals surface area contributed by atoms with E-state index < -0.39 is 12.1 Å². The van der Waals surface area contributed by atoms with Gasteiger partial charge in [-0.25, -0.2) is 4.79 Å². The first-order chi connectivity index (χ1) is 11.0. The Morgan fingerprint density at radius 3 is 2.57 bits per heavy atom. The lowest BCUT2D eigenvalue weighted by Crippen LogP contribution is -2.26. The van der Waals surface area contributed by atoms with Crippen molar-refractivity contribution in [3.8, 4) is 11.8 Å². The summed E-state index contributed by atoms with van der Waals surface area (Å²) in [6.45, 7) is 3.63. The Labute approximate surface area is 140 Å². The van der Waals surface area contributed by atoms with Crippen LogP contribution in [0.2, 0.25) is 5.02 Å². The molecule has 23 heavy (non-hydrogen) atoms. The van der Waals surface area contributed by atoms with Crippen molar-refractivity contribution >= 4 is 17.6 Å². The predicted octanol–water partition coefficient (Wildman–Crippen LogP) is 4.03. The summed E-state index contributed by atoms with van der Waals surface area (Å²) in [4.78, 5) is 12.0. The number of nitrogens with zero attached hydrogens (tertiary/aromatic N) is 1. The quantitative estimate of drug-likeness (QED) is 0.777. The number of esters is 1. The van der Waals surface area contributed by atoms with Crippen LogP contribution < -0.4 is 4.74 Å². The fourth-order valence-corrected chi connectivity index (χ4v) is 2.16. The maximum absolute atomic E-state index is 12.0. The van der Waals surface area contributed by atoms with E-state index in [0.29, 0.717) is 16.3 Å². The van der Waals surface area contributed by atoms with E-state index in [9.17, 15) is 4.79 Å². The van der Waals surface area contributed by atoms with Gasteiger partial charge in [-0.2, -0.15) is 5.26 Å². The van der Waals surface area contributed by atoms with E-state index in [-0.39, 0.29) is 6.61 Å². The van der Waals surface area contributed by atoms with Crippen molar-refractivity contribution in [3.05, 3.63) is 64.2 Å². The van der Waals surface area contributed by atoms with E-state index in [1.165, 1.54) is 0 Å². The largest absolute Gasteiger partial charge is 0.479 e. The number of halogens is 1. The molecule has 0 saturated heterocycles. The lowest BCUT2D eigenvalue weighted by molar-refractivity contribution is -0.152. The summed E-state index contributed by atoms with van der Waals surface area (Å²) in [5.41, 5.74) is 2.23. The third kappa shape index (κ3) is 4.73. The molecule has 0 bridgehead atoms. The van der Waals surface area contributed by atoms with Crippen LogP contribution in [-0.2, 0) is 16.1 Å². The standard InChI is InChI=1S/C18H16ClNO3/c1-12-9-16(19)7-8-17(12)23-13(2)18(21)22-11-15-5-3-14(10-20)4-6-15/h3-9,13H,11H2,1-2H3. The summed E-state index contributed by atoms with van der Waals surface area (Å²) in [6.07, 6.45) is -0.728. The minimum absolute atomic E-state index is 0.137. The number of ether oxygens (including phenoxy) is 2. The Balaban J connectivity index is 1.90. The highest BCUT2D eigenvalue weighted by Gasteiger charge is 2.17. The highest BCUT2D eigenvalue weighted by atomic mass is 35.5. The summed E-state index contributed by atoms with van der Waals surface area (Å²) in [5, 5.41) is 9.36. The first-order valence-corrected chi connectivity index (χ1v) is 7.46. The monoisotopic (exact) mass is 329 g/mol. The zero-order valence-electron chi connectivity index (χ0n) is 12.9. The first-order valence-electron chi connectivity index (χ1n) is 7.08. The molecule has 0 aliphatic heterocycles. The van der Waals surface area contributed by atoms with Crippen LogP contribution in [0.1, 0.15) is 23.6 Å². The number of benzene rings is 2. The van der Waals surface area contributed by atoms with E-state index in [2.05, 4.69) is 0 Å². The van der Waals surface area contributed by atoms with Crippen molar-refractivity contribution in [2.75, 3.05) is 0 Å². The van der Waals surface area contributed by atoms with Gasteiger partial charge in [-0.1, -0.05) is 23.7 Å². The van der Waals surface area contributed by atoms with Gasteiger partial charge in [0, 0.05) is 5.02 Å². The molecule has 5 heteroatoms. The Bertz CT molecular complexity index is 735. The number of nitriles is 1. The number of carbonyl (C=O) groups is 1. The Morgan fingerprint density at radius 2 is 1.96 bits per heavy atom. The van der Waals surface area contributed by atoms with Crippen molar-refractivity contribution in [1.29, 1.82) is 5.26 Å². The zero-order valence-corrected chi connectivity index (χ0v) is 13.6. The van der Waals surface area contributed by atoms with Gasteiger partial charge in [-0.3, -0.25) is 0 Å². The summed E-state index contributed by atoms with van der Waals surface area (Å²) >= 11 is 5.89. The summed E-state index contributed by atoms with van der Waals surface area (Å²) in [7, 11) is 0. The van der Waals surface area contributed by atoms with Gasteiger partial charge in [0.25, 0.3) is 0 Å². The van der Waals surface area contributed by atoms with Gasteiger partial charge < -0.3 is 9.47 Å². The molecule has 0 spiro atoms. The number of aryl methyl sites for hydroxylation is 1. The number of rotatable bonds is 5. The molecule has 1 unspecified atom stereocenters. The third-order valence-corrected chi connectivity index (χ3v) is 3.47. The van der Waals surface area contributed by atoms with Crippen molar-refractivity contribution < 1.29 is 14.3 Å². The van der Waals surface area contributed by atoms with Crippen LogP contribution in [-0.4, -0.2) is 12.1 Å². The van der Waals surface area contributed by atoms with Gasteiger partial charge in [-0.05, 0) is 55.3 Å². The SMILES string of the molecule is Cc1cc(Cl)ccc1OC(C)C(=O)OCc1ccc(C#N)cc1. The molecule has 0 N–H and O–H groups in total. The molecular formula is C18H16ClNO3. The minimum Gasteiger partial charge on any atom is -0.479 e. The Hall–Kier alpha value is -2.51. The van der Waals surface area contributed by atoms with Gasteiger partial charge in [0.05, 0.1) is 11.6 Å². The molecule has 0 fully saturated rings. The predicted molar refractivity (Wildman–Crippen MR) is 87.2 cm³/mol. The summed E-state index contributed by atoms with van der Waals surface area (Å²) in [5.74, 6) is 0.140. The van der Waals surface area contributed by atoms with Crippen molar-refractivity contribution in [1.82, 2.24) is 0 Å². The van der Waals surface area contributed by atoms with Gasteiger partial charge in [0.15, 0.2) is 6.10 Å². The molecule has 0 saturated carbocycles. The second-order valence-electron chi connectivity index (χ2n) is 5.09. The maximum atomic E-state index is 12.0. The van der Waals surface area contributed by atoms with Crippen molar-refractivity contribution in [2.45, 2.75) is 26.6 Å². The number of hydrogen-bond donors (Lipinski definition) is 0. The lowest BCUT2D eigenvalue weighted by Gasteiger charge is -2.15. The fourth-order valence-electron chi connectivity index (χ4n) is 1.93. The molecule has 1 atom stereocenters. The summed E-state index contributed by atoms with van der Waals surface area (Å²) < 4.78 is 10.8. The van der Waals surface area contributed by atoms with Crippen LogP contribution in [0, 0.1) is 18.3 Å². The van der Waals surface area contributed by atoms with Crippen LogP contribution >= 0.6 is 11.6 Å². The first kappa shape index (κ1) is 16.9. The number of carbonyl (C=O) groups excluding carboxylic acids is 1. The second-order valence-corrected chi connectivity index (χ2v) is 5.52. The molecule has 118 valence electrons. The van der Waals surface area contributed by atoms with Crippen molar-refractivity contribution in [2.24, 2.45) is 0 Å². The van der Waals surface area contributed by atoms with Gasteiger partial charge in [0.1, 0.15) is 12.4 Å². The van der Waals surface area contributed by atoms with Crippen LogP contribution in [0.5, 0.6) is 5.75 Å². The zero-order chi connectivity index (χ0) is 16.8. The molecule has 0 aliphatic rings. The highest BCUT2D eigenvalue weighted by molar-refractivity contribution is 6.30. The van der Waals surface area contributed by atoms with E-state index in [0.717, 1.165) is 11.1 Å². The molecule has 2 aromatic rings. The average Bonchev–Trinajstić information content (AvgIpc) is 2.55. The minimum atomic E-state index is -0.728. The maximum Gasteiger partial charge on any atom is 0.347 e. The lowest BCUT2D eigenvalue weighted by atomic mass is 10.2. The van der Waals surface area contributed by atoms with E-state index >= 15 is 0 Å². The van der Waals surface area contributed by atoms with Crippen molar-refractivity contribution in [3.63, 3.8) is 0 Å². The smallest absolute Gasteiger partial charge is 0.347 e. The fraction of sp³-hybridized carbons (Fsp3) is 0.222. The molecule has 0 heterocycles. The van der Waals surface area contributed by atoms with Gasteiger partial charge >= 0.3 is 5.97 Å². The normalized spacial score (nSPS) is 11.4. The molecule has 0 aromatic heterocycles. The third-order valence-electron chi connectivity index (χ3n) is 3.24. The Morgan fingerprint density at radius 1 is 1.26 bits per heavy atom. The van der Waals surface area contributed by atoms with Crippen LogP contribution in [0.25, 0.3) is 0 Å². The molecule has 0 aliphatic carbocycles. The Kier molecular flexibility index (Phi) is 5.61. The molecule has 0 amide bonds. The number of hydrogen-bond acceptors (Lipinski definition) is 4. The molecular weight excluding hydrogens is 314 g/mol. The van der Waals surface area contributed by atoms with Crippen LogP contribution in [0.3, 0.4) is 0 Å². The molecule has 2 rings (SSSR count). The average molecular weight is 330 g/mol. The van der Waals surface area contributed by atoms with E-state index in [1.807, 2.05) is 13.0 Å². The van der Waals surface area contributed by atoms with Gasteiger partial charge in [0.2, 0.25) is 0 Å². The van der Waals surface area contributed by atoms with Crippen LogP contribution in [0.15, 0.2) is 42.5 Å². The van der Waals surface area contributed by atoms with E-state index in [4.69, 9.17) is 26.3 Å². The van der Waals surface area contributed by atoms with E-state index in [1.54, 1.807) is 49.4 Å². The van der Waals surface area contributed by atoms with Crippen LogP contribution in [0.4, 0.5) is 0 Å². The van der Waals surface area contributed by atoms with Gasteiger partial charge in [-0.15, -0.1) is 0 Å². The molecule has 4 nitrogen and oxygen atoms in total. The second kappa shape index (κ2) is 7.66. The molecule has 2 aromatic carbocycles. The molecule has 0 radical (unpaired) electrons. The highest BCUT2D eigenvalue weighted by Crippen LogP contribution is 2.23.